The van der Waals surface area contributed by atoms with Gasteiger partial charge in [-0.15, -0.1) is 0 Å². The molecule has 3 nitrogen and oxygen atoms in total. The van der Waals surface area contributed by atoms with E-state index in [0.29, 0.717) is 0 Å². The van der Waals surface area contributed by atoms with Gasteiger partial charge in [-0.1, -0.05) is 13.0 Å². The lowest BCUT2D eigenvalue weighted by Gasteiger charge is -2.29. The molecule has 20 heavy (non-hydrogen) atoms. The van der Waals surface area contributed by atoms with E-state index in [2.05, 4.69) is 22.0 Å². The summed E-state index contributed by atoms with van der Waals surface area (Å²) in [5, 5.41) is 10.0. The van der Waals surface area contributed by atoms with Crippen molar-refractivity contribution in [2.24, 2.45) is 0 Å². The monoisotopic (exact) mass is 276 g/mol. The van der Waals surface area contributed by atoms with Crippen LogP contribution in [0.15, 0.2) is 23.4 Å². The molecule has 1 saturated carbocycles. The molecule has 0 aromatic heterocycles. The van der Waals surface area contributed by atoms with Crippen LogP contribution in [0.5, 0.6) is 0 Å². The quantitative estimate of drug-likeness (QED) is 0.855. The lowest BCUT2D eigenvalue weighted by Crippen LogP contribution is -2.32. The molecule has 0 aromatic carbocycles. The summed E-state index contributed by atoms with van der Waals surface area (Å²) in [5.41, 5.74) is 2.59. The fourth-order valence-electron chi connectivity index (χ4n) is 3.46. The van der Waals surface area contributed by atoms with Crippen LogP contribution in [0.2, 0.25) is 0 Å². The highest BCUT2D eigenvalue weighted by atomic mass is 16.3. The fourth-order valence-corrected chi connectivity index (χ4v) is 3.46. The zero-order chi connectivity index (χ0) is 13.9. The number of hydrogen-bond donors (Lipinski definition) is 1. The highest BCUT2D eigenvalue weighted by Crippen LogP contribution is 2.29. The molecule has 3 heteroatoms. The van der Waals surface area contributed by atoms with Gasteiger partial charge in [-0.2, -0.15) is 0 Å². The van der Waals surface area contributed by atoms with Crippen molar-refractivity contribution in [3.05, 3.63) is 23.4 Å². The summed E-state index contributed by atoms with van der Waals surface area (Å²) in [6.45, 7) is 6.89. The number of aliphatic hydroxyl groups is 1. The van der Waals surface area contributed by atoms with Crippen molar-refractivity contribution >= 4 is 0 Å². The molecule has 1 N–H and O–H groups in total. The summed E-state index contributed by atoms with van der Waals surface area (Å²) >= 11 is 0. The average Bonchev–Trinajstić information content (AvgIpc) is 3.32. The van der Waals surface area contributed by atoms with Crippen LogP contribution >= 0.6 is 0 Å². The Morgan fingerprint density at radius 3 is 2.85 bits per heavy atom. The maximum absolute atomic E-state index is 10.0. The largest absolute Gasteiger partial charge is 0.388 e. The van der Waals surface area contributed by atoms with Gasteiger partial charge in [0.15, 0.2) is 0 Å². The van der Waals surface area contributed by atoms with Crippen LogP contribution in [0.1, 0.15) is 45.4 Å². The van der Waals surface area contributed by atoms with Crippen molar-refractivity contribution in [2.75, 3.05) is 26.2 Å². The average molecular weight is 276 g/mol. The second kappa shape index (κ2) is 6.31. The number of rotatable bonds is 4. The molecule has 2 fully saturated rings. The Hall–Kier alpha value is -0.800. The Kier molecular flexibility index (Phi) is 4.47. The summed E-state index contributed by atoms with van der Waals surface area (Å²) < 4.78 is 0. The first-order chi connectivity index (χ1) is 9.78. The van der Waals surface area contributed by atoms with E-state index in [1.807, 2.05) is 6.92 Å². The van der Waals surface area contributed by atoms with E-state index in [-0.39, 0.29) is 6.10 Å². The molecule has 1 heterocycles. The molecule has 3 rings (SSSR count). The van der Waals surface area contributed by atoms with Crippen molar-refractivity contribution in [1.82, 2.24) is 9.80 Å². The van der Waals surface area contributed by atoms with Gasteiger partial charge in [0.25, 0.3) is 0 Å². The van der Waals surface area contributed by atoms with Crippen LogP contribution in [-0.2, 0) is 0 Å². The summed E-state index contributed by atoms with van der Waals surface area (Å²) in [4.78, 5) is 5.25. The minimum Gasteiger partial charge on any atom is -0.388 e. The molecule has 2 aliphatic carbocycles. The second-order valence-electron chi connectivity index (χ2n) is 6.41. The summed E-state index contributed by atoms with van der Waals surface area (Å²) in [7, 11) is 0. The third kappa shape index (κ3) is 3.26. The normalized spacial score (nSPS) is 26.8. The Morgan fingerprint density at radius 1 is 1.25 bits per heavy atom. The zero-order valence-corrected chi connectivity index (χ0v) is 12.7. The SMILES string of the molecule is CCC(O)C1=CCCC(N2CCCN(C3CC3)CC2)=C1. The van der Waals surface area contributed by atoms with Gasteiger partial charge >= 0.3 is 0 Å². The van der Waals surface area contributed by atoms with Gasteiger partial charge in [0.1, 0.15) is 0 Å². The van der Waals surface area contributed by atoms with Crippen LogP contribution < -0.4 is 0 Å². The van der Waals surface area contributed by atoms with Crippen molar-refractivity contribution in [3.63, 3.8) is 0 Å². The number of aliphatic hydroxyl groups excluding tert-OH is 1. The van der Waals surface area contributed by atoms with Gasteiger partial charge in [-0.05, 0) is 50.2 Å². The molecular weight excluding hydrogens is 248 g/mol. The maximum atomic E-state index is 10.0. The molecule has 3 aliphatic rings. The van der Waals surface area contributed by atoms with Gasteiger partial charge < -0.3 is 10.0 Å². The number of nitrogens with zero attached hydrogens (tertiary/aromatic N) is 2. The van der Waals surface area contributed by atoms with E-state index >= 15 is 0 Å². The lowest BCUT2D eigenvalue weighted by atomic mass is 9.97. The molecule has 1 saturated heterocycles. The van der Waals surface area contributed by atoms with E-state index in [4.69, 9.17) is 0 Å². The zero-order valence-electron chi connectivity index (χ0n) is 12.7. The highest BCUT2D eigenvalue weighted by molar-refractivity contribution is 5.30. The van der Waals surface area contributed by atoms with Gasteiger partial charge in [-0.3, -0.25) is 4.90 Å². The van der Waals surface area contributed by atoms with Crippen LogP contribution in [0.25, 0.3) is 0 Å². The molecule has 0 spiro atoms. The maximum Gasteiger partial charge on any atom is 0.0785 e. The molecule has 0 bridgehead atoms. The highest BCUT2D eigenvalue weighted by Gasteiger charge is 2.30. The van der Waals surface area contributed by atoms with Gasteiger partial charge in [0.2, 0.25) is 0 Å². The van der Waals surface area contributed by atoms with E-state index in [9.17, 15) is 5.11 Å². The van der Waals surface area contributed by atoms with Crippen molar-refractivity contribution in [1.29, 1.82) is 0 Å². The summed E-state index contributed by atoms with van der Waals surface area (Å²) in [5.74, 6) is 0. The Bertz CT molecular complexity index is 398. The first kappa shape index (κ1) is 14.2. The van der Waals surface area contributed by atoms with E-state index < -0.39 is 0 Å². The summed E-state index contributed by atoms with van der Waals surface area (Å²) in [6, 6.07) is 0.896. The molecule has 112 valence electrons. The van der Waals surface area contributed by atoms with Crippen molar-refractivity contribution < 1.29 is 5.11 Å². The Labute approximate surface area is 122 Å². The molecule has 1 atom stereocenters. The first-order valence-corrected chi connectivity index (χ1v) is 8.35. The molecule has 0 amide bonds. The summed E-state index contributed by atoms with van der Waals surface area (Å²) in [6.07, 6.45) is 11.3. The first-order valence-electron chi connectivity index (χ1n) is 8.35. The number of allylic oxidation sites excluding steroid dienone is 2. The van der Waals surface area contributed by atoms with E-state index in [1.165, 1.54) is 44.6 Å². The molecule has 1 aliphatic heterocycles. The molecule has 0 aromatic rings. The third-order valence-corrected chi connectivity index (χ3v) is 4.89. The smallest absolute Gasteiger partial charge is 0.0785 e. The minimum absolute atomic E-state index is 0.278. The van der Waals surface area contributed by atoms with E-state index in [1.54, 1.807) is 0 Å². The third-order valence-electron chi connectivity index (χ3n) is 4.89. The molecular formula is C17H28N2O. The Balaban J connectivity index is 1.63. The van der Waals surface area contributed by atoms with Gasteiger partial charge in [0.05, 0.1) is 6.10 Å². The predicted octanol–water partition coefficient (Wildman–Crippen LogP) is 2.53. The second-order valence-corrected chi connectivity index (χ2v) is 6.41. The number of hydrogen-bond acceptors (Lipinski definition) is 3. The predicted molar refractivity (Wildman–Crippen MR) is 82.5 cm³/mol. The topological polar surface area (TPSA) is 26.7 Å². The van der Waals surface area contributed by atoms with Crippen LogP contribution in [-0.4, -0.2) is 53.2 Å². The van der Waals surface area contributed by atoms with Crippen LogP contribution in [0.3, 0.4) is 0 Å². The van der Waals surface area contributed by atoms with Crippen LogP contribution in [0, 0.1) is 0 Å². The van der Waals surface area contributed by atoms with Crippen LogP contribution in [0.4, 0.5) is 0 Å². The van der Waals surface area contributed by atoms with Crippen molar-refractivity contribution in [3.8, 4) is 0 Å². The standard InChI is InChI=1S/C17H28N2O/c1-2-17(20)14-5-3-6-16(13-14)19-10-4-9-18(11-12-19)15-7-8-15/h5,13,15,17,20H,2-4,6-12H2,1H3. The van der Waals surface area contributed by atoms with Gasteiger partial charge in [-0.25, -0.2) is 0 Å². The molecule has 0 radical (unpaired) electrons. The Morgan fingerprint density at radius 2 is 2.10 bits per heavy atom. The van der Waals surface area contributed by atoms with E-state index in [0.717, 1.165) is 37.4 Å². The molecule has 1 unspecified atom stereocenters. The van der Waals surface area contributed by atoms with Crippen molar-refractivity contribution in [2.45, 2.75) is 57.6 Å². The lowest BCUT2D eigenvalue weighted by molar-refractivity contribution is 0.208. The fraction of sp³-hybridized carbons (Fsp3) is 0.765. The minimum atomic E-state index is -0.278. The van der Waals surface area contributed by atoms with Gasteiger partial charge in [0, 0.05) is 37.9 Å².